The average molecular weight is 357 g/mol. The number of aromatic hydroxyl groups is 1. The van der Waals surface area contributed by atoms with Crippen molar-refractivity contribution in [3.63, 3.8) is 0 Å². The van der Waals surface area contributed by atoms with E-state index in [-0.39, 0.29) is 11.9 Å². The van der Waals surface area contributed by atoms with E-state index in [4.69, 9.17) is 14.2 Å². The number of fused-ring (bicyclic) bond motifs is 1. The minimum atomic E-state index is 0.146. The molecule has 1 unspecified atom stereocenters. The van der Waals surface area contributed by atoms with Crippen molar-refractivity contribution in [3.8, 4) is 23.0 Å². The number of rotatable bonds is 6. The molecule has 2 aromatic rings. The number of nitrogens with zero attached hydrogens (tertiary/aromatic N) is 1. The van der Waals surface area contributed by atoms with Gasteiger partial charge in [0.15, 0.2) is 11.5 Å². The predicted molar refractivity (Wildman–Crippen MR) is 101 cm³/mol. The molecule has 0 amide bonds. The molecule has 0 radical (unpaired) electrons. The SMILES string of the molecule is CCOc1cc(CN2Cc3cc(OC)ccc3OC(CC)C2)ccc1O. The summed E-state index contributed by atoms with van der Waals surface area (Å²) in [6, 6.07) is 11.5. The number of hydrogen-bond acceptors (Lipinski definition) is 5. The van der Waals surface area contributed by atoms with Crippen LogP contribution in [0.1, 0.15) is 31.4 Å². The molecule has 0 fully saturated rings. The van der Waals surface area contributed by atoms with Crippen LogP contribution < -0.4 is 14.2 Å². The number of benzene rings is 2. The summed E-state index contributed by atoms with van der Waals surface area (Å²) in [6.45, 7) is 6.97. The molecule has 5 nitrogen and oxygen atoms in total. The normalized spacial score (nSPS) is 17.1. The number of phenolic OH excluding ortho intramolecular Hbond substituents is 1. The number of ether oxygens (including phenoxy) is 3. The van der Waals surface area contributed by atoms with Crippen LogP contribution in [0.25, 0.3) is 0 Å². The van der Waals surface area contributed by atoms with Gasteiger partial charge in [-0.05, 0) is 49.2 Å². The molecule has 1 atom stereocenters. The van der Waals surface area contributed by atoms with Crippen molar-refractivity contribution >= 4 is 0 Å². The van der Waals surface area contributed by atoms with E-state index >= 15 is 0 Å². The molecule has 1 aliphatic heterocycles. The van der Waals surface area contributed by atoms with Crippen molar-refractivity contribution in [2.75, 3.05) is 20.3 Å². The van der Waals surface area contributed by atoms with Crippen LogP contribution in [0.5, 0.6) is 23.0 Å². The van der Waals surface area contributed by atoms with Crippen molar-refractivity contribution in [2.24, 2.45) is 0 Å². The molecule has 0 spiro atoms. The Labute approximate surface area is 155 Å². The summed E-state index contributed by atoms with van der Waals surface area (Å²) in [7, 11) is 1.68. The van der Waals surface area contributed by atoms with E-state index in [0.717, 1.165) is 48.7 Å². The second-order valence-corrected chi connectivity index (χ2v) is 6.53. The fourth-order valence-electron chi connectivity index (χ4n) is 3.25. The molecule has 5 heteroatoms. The van der Waals surface area contributed by atoms with Crippen molar-refractivity contribution in [1.82, 2.24) is 4.90 Å². The van der Waals surface area contributed by atoms with Crippen molar-refractivity contribution < 1.29 is 19.3 Å². The zero-order valence-electron chi connectivity index (χ0n) is 15.7. The van der Waals surface area contributed by atoms with Gasteiger partial charge < -0.3 is 19.3 Å². The van der Waals surface area contributed by atoms with Crippen LogP contribution in [-0.4, -0.2) is 36.4 Å². The van der Waals surface area contributed by atoms with Crippen molar-refractivity contribution in [3.05, 3.63) is 47.5 Å². The number of phenols is 1. The monoisotopic (exact) mass is 357 g/mol. The molecule has 0 saturated heterocycles. The number of hydrogen-bond donors (Lipinski definition) is 1. The molecule has 26 heavy (non-hydrogen) atoms. The molecule has 1 heterocycles. The van der Waals surface area contributed by atoms with Gasteiger partial charge in [-0.3, -0.25) is 4.90 Å². The molecule has 140 valence electrons. The molecular weight excluding hydrogens is 330 g/mol. The van der Waals surface area contributed by atoms with Crippen molar-refractivity contribution in [2.45, 2.75) is 39.5 Å². The maximum absolute atomic E-state index is 9.91. The zero-order chi connectivity index (χ0) is 18.5. The van der Waals surface area contributed by atoms with Crippen molar-refractivity contribution in [1.29, 1.82) is 0 Å². The van der Waals surface area contributed by atoms with Crippen LogP contribution in [0.2, 0.25) is 0 Å². The molecule has 3 rings (SSSR count). The Morgan fingerprint density at radius 1 is 1.19 bits per heavy atom. The molecule has 0 saturated carbocycles. The van der Waals surface area contributed by atoms with Crippen LogP contribution in [0.4, 0.5) is 0 Å². The minimum Gasteiger partial charge on any atom is -0.504 e. The fraction of sp³-hybridized carbons (Fsp3) is 0.429. The van der Waals surface area contributed by atoms with Crippen LogP contribution in [0.15, 0.2) is 36.4 Å². The van der Waals surface area contributed by atoms with Crippen LogP contribution in [0, 0.1) is 0 Å². The van der Waals surface area contributed by atoms with Crippen LogP contribution >= 0.6 is 0 Å². The second-order valence-electron chi connectivity index (χ2n) is 6.53. The summed E-state index contributed by atoms with van der Waals surface area (Å²) in [5.74, 6) is 2.48. The zero-order valence-corrected chi connectivity index (χ0v) is 15.7. The first-order valence-electron chi connectivity index (χ1n) is 9.13. The Bertz CT molecular complexity index is 747. The predicted octanol–water partition coefficient (Wildman–Crippen LogP) is 3.97. The summed E-state index contributed by atoms with van der Waals surface area (Å²) >= 11 is 0. The lowest BCUT2D eigenvalue weighted by Crippen LogP contribution is -2.32. The highest BCUT2D eigenvalue weighted by Crippen LogP contribution is 2.31. The van der Waals surface area contributed by atoms with Gasteiger partial charge in [-0.25, -0.2) is 0 Å². The van der Waals surface area contributed by atoms with E-state index < -0.39 is 0 Å². The summed E-state index contributed by atoms with van der Waals surface area (Å²) < 4.78 is 17.1. The molecule has 1 N–H and O–H groups in total. The Hall–Kier alpha value is -2.40. The van der Waals surface area contributed by atoms with Gasteiger partial charge in [0.25, 0.3) is 0 Å². The first-order chi connectivity index (χ1) is 12.6. The van der Waals surface area contributed by atoms with Gasteiger partial charge in [-0.15, -0.1) is 0 Å². The van der Waals surface area contributed by atoms with E-state index in [9.17, 15) is 5.11 Å². The average Bonchev–Trinajstić information content (AvgIpc) is 2.82. The second kappa shape index (κ2) is 8.32. The summed E-state index contributed by atoms with van der Waals surface area (Å²) in [4.78, 5) is 2.36. The van der Waals surface area contributed by atoms with Gasteiger partial charge >= 0.3 is 0 Å². The van der Waals surface area contributed by atoms with E-state index in [1.54, 1.807) is 13.2 Å². The third kappa shape index (κ3) is 4.22. The van der Waals surface area contributed by atoms with Gasteiger partial charge in [0.2, 0.25) is 0 Å². The molecular formula is C21H27NO4. The smallest absolute Gasteiger partial charge is 0.161 e. The van der Waals surface area contributed by atoms with E-state index in [0.29, 0.717) is 12.4 Å². The standard InChI is InChI=1S/C21H27NO4/c1-4-17-14-22(12-15-6-8-19(23)21(10-15)25-5-2)13-16-11-18(24-3)7-9-20(16)26-17/h6-11,17,23H,4-5,12-14H2,1-3H3. The minimum absolute atomic E-state index is 0.146. The highest BCUT2D eigenvalue weighted by Gasteiger charge is 2.22. The third-order valence-corrected chi connectivity index (χ3v) is 4.60. The molecule has 0 aromatic heterocycles. The van der Waals surface area contributed by atoms with E-state index in [1.165, 1.54) is 0 Å². The molecule has 1 aliphatic rings. The van der Waals surface area contributed by atoms with Gasteiger partial charge in [0.05, 0.1) is 13.7 Å². The maximum Gasteiger partial charge on any atom is 0.161 e. The van der Waals surface area contributed by atoms with Gasteiger partial charge in [0, 0.05) is 25.2 Å². The summed E-state index contributed by atoms with van der Waals surface area (Å²) in [5, 5.41) is 9.91. The lowest BCUT2D eigenvalue weighted by molar-refractivity contribution is 0.139. The number of methoxy groups -OCH3 is 1. The fourth-order valence-corrected chi connectivity index (χ4v) is 3.25. The first kappa shape index (κ1) is 18.4. The van der Waals surface area contributed by atoms with Gasteiger partial charge in [-0.1, -0.05) is 13.0 Å². The van der Waals surface area contributed by atoms with E-state index in [1.807, 2.05) is 37.3 Å². The van der Waals surface area contributed by atoms with Gasteiger partial charge in [0.1, 0.15) is 17.6 Å². The first-order valence-corrected chi connectivity index (χ1v) is 9.13. The van der Waals surface area contributed by atoms with Gasteiger partial charge in [-0.2, -0.15) is 0 Å². The lowest BCUT2D eigenvalue weighted by atomic mass is 10.1. The molecule has 0 bridgehead atoms. The topological polar surface area (TPSA) is 51.2 Å². The highest BCUT2D eigenvalue weighted by molar-refractivity contribution is 5.43. The summed E-state index contributed by atoms with van der Waals surface area (Å²) in [6.07, 6.45) is 1.09. The lowest BCUT2D eigenvalue weighted by Gasteiger charge is -2.23. The largest absolute Gasteiger partial charge is 0.504 e. The molecule has 0 aliphatic carbocycles. The molecule has 2 aromatic carbocycles. The third-order valence-electron chi connectivity index (χ3n) is 4.60. The quantitative estimate of drug-likeness (QED) is 0.848. The Kier molecular flexibility index (Phi) is 5.89. The Balaban J connectivity index is 1.83. The summed E-state index contributed by atoms with van der Waals surface area (Å²) in [5.41, 5.74) is 2.23. The highest BCUT2D eigenvalue weighted by atomic mass is 16.5. The Morgan fingerprint density at radius 2 is 2.04 bits per heavy atom. The Morgan fingerprint density at radius 3 is 2.77 bits per heavy atom. The maximum atomic E-state index is 9.91. The van der Waals surface area contributed by atoms with E-state index in [2.05, 4.69) is 11.8 Å². The van der Waals surface area contributed by atoms with Crippen LogP contribution in [-0.2, 0) is 13.1 Å². The van der Waals surface area contributed by atoms with Crippen LogP contribution in [0.3, 0.4) is 0 Å².